The van der Waals surface area contributed by atoms with Crippen molar-refractivity contribution >= 4 is 17.3 Å². The van der Waals surface area contributed by atoms with Crippen molar-refractivity contribution < 1.29 is 9.84 Å². The fourth-order valence-electron chi connectivity index (χ4n) is 2.66. The molecule has 0 amide bonds. The van der Waals surface area contributed by atoms with Gasteiger partial charge in [-0.15, -0.1) is 0 Å². The average molecular weight is 313 g/mol. The van der Waals surface area contributed by atoms with Crippen molar-refractivity contribution in [3.63, 3.8) is 0 Å². The molecule has 0 bridgehead atoms. The standard InChI is InChI=1S/C16H25ClN2O2/c1-19(11-12-7-15(20)8-12)14-4-3-13(16(17)9-14)10-18-5-6-21-2/h3-4,9,12,15,18,20H,5-8,10-11H2,1-2H3. The molecule has 0 atom stereocenters. The number of nitrogens with one attached hydrogen (secondary N) is 1. The number of nitrogens with zero attached hydrogens (tertiary/aromatic N) is 1. The monoisotopic (exact) mass is 312 g/mol. The number of aliphatic hydroxyl groups is 1. The van der Waals surface area contributed by atoms with Crippen molar-refractivity contribution in [2.75, 3.05) is 38.8 Å². The quantitative estimate of drug-likeness (QED) is 0.723. The van der Waals surface area contributed by atoms with Gasteiger partial charge in [0, 0.05) is 44.5 Å². The number of ether oxygens (including phenoxy) is 1. The highest BCUT2D eigenvalue weighted by Gasteiger charge is 2.28. The molecule has 0 aromatic heterocycles. The summed E-state index contributed by atoms with van der Waals surface area (Å²) < 4.78 is 5.00. The first-order chi connectivity index (χ1) is 10.1. The summed E-state index contributed by atoms with van der Waals surface area (Å²) in [5.41, 5.74) is 2.23. The number of hydrogen-bond acceptors (Lipinski definition) is 4. The molecule has 1 fully saturated rings. The Hall–Kier alpha value is -0.810. The molecule has 1 aromatic carbocycles. The molecular weight excluding hydrogens is 288 g/mol. The van der Waals surface area contributed by atoms with Gasteiger partial charge in [0.1, 0.15) is 0 Å². The van der Waals surface area contributed by atoms with Gasteiger partial charge in [-0.25, -0.2) is 0 Å². The van der Waals surface area contributed by atoms with E-state index in [4.69, 9.17) is 16.3 Å². The fraction of sp³-hybridized carbons (Fsp3) is 0.625. The summed E-state index contributed by atoms with van der Waals surface area (Å²) in [5, 5.41) is 13.4. The van der Waals surface area contributed by atoms with E-state index in [0.29, 0.717) is 12.5 Å². The van der Waals surface area contributed by atoms with Gasteiger partial charge in [0.25, 0.3) is 0 Å². The van der Waals surface area contributed by atoms with Crippen LogP contribution < -0.4 is 10.2 Å². The summed E-state index contributed by atoms with van der Waals surface area (Å²) in [4.78, 5) is 2.21. The van der Waals surface area contributed by atoms with Gasteiger partial charge in [-0.3, -0.25) is 0 Å². The molecule has 1 saturated carbocycles. The van der Waals surface area contributed by atoms with Gasteiger partial charge < -0.3 is 20.1 Å². The van der Waals surface area contributed by atoms with Gasteiger partial charge in [-0.1, -0.05) is 17.7 Å². The van der Waals surface area contributed by atoms with Crippen molar-refractivity contribution in [2.24, 2.45) is 5.92 Å². The smallest absolute Gasteiger partial charge is 0.0587 e. The van der Waals surface area contributed by atoms with E-state index in [1.54, 1.807) is 7.11 Å². The first-order valence-electron chi connectivity index (χ1n) is 7.47. The maximum Gasteiger partial charge on any atom is 0.0587 e. The molecule has 2 N–H and O–H groups in total. The minimum atomic E-state index is -0.0902. The molecule has 4 nitrogen and oxygen atoms in total. The van der Waals surface area contributed by atoms with E-state index in [-0.39, 0.29) is 6.10 Å². The summed E-state index contributed by atoms with van der Waals surface area (Å²) in [7, 11) is 3.77. The highest BCUT2D eigenvalue weighted by atomic mass is 35.5. The largest absolute Gasteiger partial charge is 0.393 e. The second-order valence-electron chi connectivity index (χ2n) is 5.82. The Kier molecular flexibility index (Phi) is 6.30. The van der Waals surface area contributed by atoms with Crippen LogP contribution in [-0.2, 0) is 11.3 Å². The molecule has 118 valence electrons. The van der Waals surface area contributed by atoms with E-state index in [9.17, 15) is 5.11 Å². The third-order valence-electron chi connectivity index (χ3n) is 4.02. The van der Waals surface area contributed by atoms with Gasteiger partial charge in [0.2, 0.25) is 0 Å². The van der Waals surface area contributed by atoms with Gasteiger partial charge in [-0.05, 0) is 36.5 Å². The van der Waals surface area contributed by atoms with Gasteiger partial charge in [0.15, 0.2) is 0 Å². The topological polar surface area (TPSA) is 44.7 Å². The van der Waals surface area contributed by atoms with E-state index < -0.39 is 0 Å². The number of halogens is 1. The van der Waals surface area contributed by atoms with Crippen LogP contribution in [0, 0.1) is 5.92 Å². The molecule has 0 aliphatic heterocycles. The number of hydrogen-bond donors (Lipinski definition) is 2. The molecule has 1 aromatic rings. The first-order valence-corrected chi connectivity index (χ1v) is 7.85. The van der Waals surface area contributed by atoms with E-state index in [1.165, 1.54) is 0 Å². The lowest BCUT2D eigenvalue weighted by molar-refractivity contribution is 0.0465. The lowest BCUT2D eigenvalue weighted by Gasteiger charge is -2.35. The molecule has 5 heteroatoms. The molecule has 2 rings (SSSR count). The highest BCUT2D eigenvalue weighted by molar-refractivity contribution is 6.31. The SMILES string of the molecule is COCCNCc1ccc(N(C)CC2CC(O)C2)cc1Cl. The van der Waals surface area contributed by atoms with Crippen molar-refractivity contribution in [3.05, 3.63) is 28.8 Å². The molecule has 0 saturated heterocycles. The minimum absolute atomic E-state index is 0.0902. The molecule has 0 heterocycles. The van der Waals surface area contributed by atoms with Crippen LogP contribution in [-0.4, -0.2) is 45.1 Å². The average Bonchev–Trinajstić information content (AvgIpc) is 2.43. The van der Waals surface area contributed by atoms with Crippen molar-refractivity contribution in [1.82, 2.24) is 5.32 Å². The van der Waals surface area contributed by atoms with Gasteiger partial charge in [-0.2, -0.15) is 0 Å². The first kappa shape index (κ1) is 16.6. The lowest BCUT2D eigenvalue weighted by atomic mass is 9.82. The predicted molar refractivity (Wildman–Crippen MR) is 87.0 cm³/mol. The van der Waals surface area contributed by atoms with Crippen LogP contribution in [0.3, 0.4) is 0 Å². The van der Waals surface area contributed by atoms with E-state index >= 15 is 0 Å². The van der Waals surface area contributed by atoms with E-state index in [1.807, 2.05) is 6.07 Å². The zero-order chi connectivity index (χ0) is 15.2. The molecule has 0 unspecified atom stereocenters. The Balaban J connectivity index is 1.85. The third-order valence-corrected chi connectivity index (χ3v) is 4.37. The zero-order valence-electron chi connectivity index (χ0n) is 12.8. The number of benzene rings is 1. The van der Waals surface area contributed by atoms with Gasteiger partial charge in [0.05, 0.1) is 12.7 Å². The molecule has 0 radical (unpaired) electrons. The summed E-state index contributed by atoms with van der Waals surface area (Å²) >= 11 is 6.36. The number of rotatable bonds is 8. The molecule has 1 aliphatic rings. The minimum Gasteiger partial charge on any atom is -0.393 e. The molecule has 0 spiro atoms. The van der Waals surface area contributed by atoms with Crippen LogP contribution in [0.2, 0.25) is 5.02 Å². The second-order valence-corrected chi connectivity index (χ2v) is 6.22. The molecular formula is C16H25ClN2O2. The number of anilines is 1. The lowest BCUT2D eigenvalue weighted by Crippen LogP contribution is -2.37. The molecule has 21 heavy (non-hydrogen) atoms. The third kappa shape index (κ3) is 4.85. The Labute approximate surface area is 132 Å². The van der Waals surface area contributed by atoms with Crippen molar-refractivity contribution in [2.45, 2.75) is 25.5 Å². The summed E-state index contributed by atoms with van der Waals surface area (Å²) in [6.45, 7) is 3.24. The normalized spacial score (nSPS) is 21.1. The van der Waals surface area contributed by atoms with Crippen molar-refractivity contribution in [1.29, 1.82) is 0 Å². The Morgan fingerprint density at radius 1 is 1.43 bits per heavy atom. The zero-order valence-corrected chi connectivity index (χ0v) is 13.6. The van der Waals surface area contributed by atoms with Crippen LogP contribution in [0.1, 0.15) is 18.4 Å². The molecule has 1 aliphatic carbocycles. The summed E-state index contributed by atoms with van der Waals surface area (Å²) in [6, 6.07) is 6.20. The number of aliphatic hydroxyl groups excluding tert-OH is 1. The second kappa shape index (κ2) is 7.99. The summed E-state index contributed by atoms with van der Waals surface area (Å²) in [5.74, 6) is 0.596. The van der Waals surface area contributed by atoms with Crippen LogP contribution in [0.5, 0.6) is 0 Å². The Morgan fingerprint density at radius 3 is 2.81 bits per heavy atom. The van der Waals surface area contributed by atoms with E-state index in [2.05, 4.69) is 29.4 Å². The maximum atomic E-state index is 9.35. The maximum absolute atomic E-state index is 9.35. The Bertz CT molecular complexity index is 450. The summed E-state index contributed by atoms with van der Waals surface area (Å²) in [6.07, 6.45) is 1.74. The van der Waals surface area contributed by atoms with E-state index in [0.717, 1.165) is 48.7 Å². The van der Waals surface area contributed by atoms with Crippen LogP contribution in [0.4, 0.5) is 5.69 Å². The van der Waals surface area contributed by atoms with Crippen LogP contribution in [0.15, 0.2) is 18.2 Å². The Morgan fingerprint density at radius 2 is 2.19 bits per heavy atom. The predicted octanol–water partition coefficient (Wildman–Crippen LogP) is 2.28. The van der Waals surface area contributed by atoms with Crippen LogP contribution in [0.25, 0.3) is 0 Å². The highest BCUT2D eigenvalue weighted by Crippen LogP contribution is 2.30. The van der Waals surface area contributed by atoms with Crippen molar-refractivity contribution in [3.8, 4) is 0 Å². The number of methoxy groups -OCH3 is 1. The van der Waals surface area contributed by atoms with Crippen LogP contribution >= 0.6 is 11.6 Å². The fourth-order valence-corrected chi connectivity index (χ4v) is 2.90. The van der Waals surface area contributed by atoms with Gasteiger partial charge >= 0.3 is 0 Å².